The van der Waals surface area contributed by atoms with Crippen LogP contribution in [0.2, 0.25) is 0 Å². The summed E-state index contributed by atoms with van der Waals surface area (Å²) in [4.78, 5) is 29.3. The number of aromatic nitrogens is 2. The number of amides is 1. The molecule has 2 aromatic rings. The first-order valence-electron chi connectivity index (χ1n) is 7.18. The van der Waals surface area contributed by atoms with Crippen molar-refractivity contribution in [2.75, 3.05) is 19.7 Å². The molecule has 0 radical (unpaired) electrons. The highest BCUT2D eigenvalue weighted by molar-refractivity contribution is 5.97. The fraction of sp³-hybridized carbons (Fsp3) is 0.400. The van der Waals surface area contributed by atoms with Crippen LogP contribution >= 0.6 is 0 Å². The molecule has 0 bridgehead atoms. The molecule has 1 atom stereocenters. The highest BCUT2D eigenvalue weighted by atomic mass is 16.5. The largest absolute Gasteiger partial charge is 0.479 e. The van der Waals surface area contributed by atoms with Gasteiger partial charge in [0, 0.05) is 18.7 Å². The van der Waals surface area contributed by atoms with Crippen molar-refractivity contribution in [3.8, 4) is 0 Å². The quantitative estimate of drug-likeness (QED) is 0.913. The Kier molecular flexibility index (Phi) is 3.81. The number of benzene rings is 1. The minimum Gasteiger partial charge on any atom is -0.479 e. The number of imidazole rings is 1. The molecule has 22 heavy (non-hydrogen) atoms. The van der Waals surface area contributed by atoms with Crippen LogP contribution in [-0.4, -0.2) is 57.2 Å². The van der Waals surface area contributed by atoms with Crippen LogP contribution in [-0.2, 0) is 16.1 Å². The van der Waals surface area contributed by atoms with E-state index in [-0.39, 0.29) is 19.1 Å². The summed E-state index contributed by atoms with van der Waals surface area (Å²) < 4.78 is 7.13. The van der Waals surface area contributed by atoms with Gasteiger partial charge in [0.25, 0.3) is 5.91 Å². The lowest BCUT2D eigenvalue weighted by molar-refractivity contribution is -0.154. The summed E-state index contributed by atoms with van der Waals surface area (Å²) in [5.41, 5.74) is 2.25. The average Bonchev–Trinajstić information content (AvgIpc) is 2.96. The summed E-state index contributed by atoms with van der Waals surface area (Å²) in [5, 5.41) is 9.00. The number of morpholine rings is 1. The number of hydrogen-bond donors (Lipinski definition) is 1. The van der Waals surface area contributed by atoms with Gasteiger partial charge in [-0.25, -0.2) is 9.78 Å². The number of aryl methyl sites for hydroxylation is 1. The third-order valence-corrected chi connectivity index (χ3v) is 3.84. The first-order valence-corrected chi connectivity index (χ1v) is 7.18. The monoisotopic (exact) mass is 303 g/mol. The molecule has 0 saturated carbocycles. The lowest BCUT2D eigenvalue weighted by Gasteiger charge is -2.30. The van der Waals surface area contributed by atoms with E-state index in [1.807, 2.05) is 17.6 Å². The van der Waals surface area contributed by atoms with Crippen molar-refractivity contribution >= 4 is 22.9 Å². The van der Waals surface area contributed by atoms with Gasteiger partial charge in [-0.3, -0.25) is 4.79 Å². The molecular weight excluding hydrogens is 286 g/mol. The fourth-order valence-electron chi connectivity index (χ4n) is 2.61. The maximum atomic E-state index is 12.5. The van der Waals surface area contributed by atoms with Crippen LogP contribution in [0.1, 0.15) is 17.3 Å². The number of ether oxygens (including phenoxy) is 1. The number of carboxylic acid groups (broad SMARTS) is 1. The summed E-state index contributed by atoms with van der Waals surface area (Å²) in [6.45, 7) is 3.53. The molecule has 116 valence electrons. The maximum Gasteiger partial charge on any atom is 0.334 e. The SMILES string of the molecule is CCn1cnc2cc(C(=O)N3CCO[C@H](C(=O)O)C3)ccc21. The van der Waals surface area contributed by atoms with Crippen molar-refractivity contribution in [1.29, 1.82) is 0 Å². The summed E-state index contributed by atoms with van der Waals surface area (Å²) in [6.07, 6.45) is 0.787. The van der Waals surface area contributed by atoms with E-state index in [2.05, 4.69) is 4.98 Å². The summed E-state index contributed by atoms with van der Waals surface area (Å²) in [6, 6.07) is 5.37. The minimum absolute atomic E-state index is 0.0651. The van der Waals surface area contributed by atoms with Gasteiger partial charge >= 0.3 is 5.97 Å². The van der Waals surface area contributed by atoms with Crippen molar-refractivity contribution in [3.63, 3.8) is 0 Å². The van der Waals surface area contributed by atoms with Crippen LogP contribution in [0.5, 0.6) is 0 Å². The van der Waals surface area contributed by atoms with Gasteiger partial charge in [-0.15, -0.1) is 0 Å². The Morgan fingerprint density at radius 1 is 1.45 bits per heavy atom. The van der Waals surface area contributed by atoms with Gasteiger partial charge in [0.1, 0.15) is 0 Å². The summed E-state index contributed by atoms with van der Waals surface area (Å²) in [5.74, 6) is -1.24. The Balaban J connectivity index is 1.84. The van der Waals surface area contributed by atoms with Gasteiger partial charge in [0.15, 0.2) is 6.10 Å². The zero-order valence-corrected chi connectivity index (χ0v) is 12.2. The third-order valence-electron chi connectivity index (χ3n) is 3.84. The predicted molar refractivity (Wildman–Crippen MR) is 78.7 cm³/mol. The molecule has 2 heterocycles. The summed E-state index contributed by atoms with van der Waals surface area (Å²) >= 11 is 0. The van der Waals surface area contributed by atoms with Crippen LogP contribution in [0, 0.1) is 0 Å². The molecule has 0 spiro atoms. The molecule has 1 aliphatic rings. The second kappa shape index (κ2) is 5.76. The Labute approximate surface area is 127 Å². The molecular formula is C15H17N3O4. The number of hydrogen-bond acceptors (Lipinski definition) is 4. The number of carboxylic acids is 1. The molecule has 3 rings (SSSR count). The molecule has 1 aromatic carbocycles. The molecule has 1 amide bonds. The Morgan fingerprint density at radius 3 is 3.00 bits per heavy atom. The van der Waals surface area contributed by atoms with E-state index in [1.54, 1.807) is 18.5 Å². The lowest BCUT2D eigenvalue weighted by Crippen LogP contribution is -2.48. The van der Waals surface area contributed by atoms with Gasteiger partial charge in [-0.1, -0.05) is 0 Å². The van der Waals surface area contributed by atoms with E-state index < -0.39 is 12.1 Å². The first-order chi connectivity index (χ1) is 10.6. The number of rotatable bonds is 3. The molecule has 1 N–H and O–H groups in total. The number of carbonyl (C=O) groups is 2. The van der Waals surface area contributed by atoms with Gasteiger partial charge in [0.05, 0.1) is 30.5 Å². The van der Waals surface area contributed by atoms with E-state index in [0.717, 1.165) is 17.6 Å². The topological polar surface area (TPSA) is 84.7 Å². The smallest absolute Gasteiger partial charge is 0.334 e. The van der Waals surface area contributed by atoms with Crippen molar-refractivity contribution in [1.82, 2.24) is 14.5 Å². The van der Waals surface area contributed by atoms with Crippen LogP contribution in [0.4, 0.5) is 0 Å². The molecule has 1 aromatic heterocycles. The summed E-state index contributed by atoms with van der Waals surface area (Å²) in [7, 11) is 0. The minimum atomic E-state index is -1.05. The number of fused-ring (bicyclic) bond motifs is 1. The molecule has 1 aliphatic heterocycles. The second-order valence-corrected chi connectivity index (χ2v) is 5.18. The van der Waals surface area contributed by atoms with Crippen LogP contribution < -0.4 is 0 Å². The highest BCUT2D eigenvalue weighted by Crippen LogP contribution is 2.17. The van der Waals surface area contributed by atoms with Crippen molar-refractivity contribution in [2.45, 2.75) is 19.6 Å². The van der Waals surface area contributed by atoms with Crippen LogP contribution in [0.3, 0.4) is 0 Å². The fourth-order valence-corrected chi connectivity index (χ4v) is 2.61. The number of aliphatic carboxylic acids is 1. The molecule has 0 aliphatic carbocycles. The van der Waals surface area contributed by atoms with Crippen molar-refractivity contribution < 1.29 is 19.4 Å². The molecule has 7 nitrogen and oxygen atoms in total. The zero-order chi connectivity index (χ0) is 15.7. The normalized spacial score (nSPS) is 18.6. The van der Waals surface area contributed by atoms with Gasteiger partial charge in [-0.05, 0) is 25.1 Å². The Bertz CT molecular complexity index is 725. The van der Waals surface area contributed by atoms with E-state index in [0.29, 0.717) is 12.1 Å². The van der Waals surface area contributed by atoms with E-state index in [1.165, 1.54) is 4.90 Å². The van der Waals surface area contributed by atoms with Gasteiger partial charge in [0.2, 0.25) is 0 Å². The number of nitrogens with zero attached hydrogens (tertiary/aromatic N) is 3. The first kappa shape index (κ1) is 14.5. The van der Waals surface area contributed by atoms with E-state index >= 15 is 0 Å². The molecule has 1 fully saturated rings. The molecule has 0 unspecified atom stereocenters. The standard InChI is InChI=1S/C15H17N3O4/c1-2-17-9-16-11-7-10(3-4-12(11)17)14(19)18-5-6-22-13(8-18)15(20)21/h3-4,7,9,13H,2,5-6,8H2,1H3,(H,20,21)/t13-/m0/s1. The van der Waals surface area contributed by atoms with Gasteiger partial charge in [-0.2, -0.15) is 0 Å². The Hall–Kier alpha value is -2.41. The average molecular weight is 303 g/mol. The van der Waals surface area contributed by atoms with E-state index in [4.69, 9.17) is 9.84 Å². The zero-order valence-electron chi connectivity index (χ0n) is 12.2. The highest BCUT2D eigenvalue weighted by Gasteiger charge is 2.29. The van der Waals surface area contributed by atoms with E-state index in [9.17, 15) is 9.59 Å². The third kappa shape index (κ3) is 2.55. The predicted octanol–water partition coefficient (Wildman–Crippen LogP) is 0.982. The van der Waals surface area contributed by atoms with Crippen LogP contribution in [0.25, 0.3) is 11.0 Å². The lowest BCUT2D eigenvalue weighted by atomic mass is 10.1. The Morgan fingerprint density at radius 2 is 2.27 bits per heavy atom. The maximum absolute atomic E-state index is 12.5. The molecule has 7 heteroatoms. The molecule has 1 saturated heterocycles. The number of carbonyl (C=O) groups excluding carboxylic acids is 1. The van der Waals surface area contributed by atoms with Crippen molar-refractivity contribution in [2.24, 2.45) is 0 Å². The van der Waals surface area contributed by atoms with Crippen molar-refractivity contribution in [3.05, 3.63) is 30.1 Å². The van der Waals surface area contributed by atoms with Gasteiger partial charge < -0.3 is 19.3 Å². The van der Waals surface area contributed by atoms with Crippen LogP contribution in [0.15, 0.2) is 24.5 Å². The second-order valence-electron chi connectivity index (χ2n) is 5.18.